The Morgan fingerprint density at radius 2 is 1.86 bits per heavy atom. The number of anilines is 1. The first-order chi connectivity index (χ1) is 10.4. The number of hydrogen-bond donors (Lipinski definition) is 2. The second-order valence-electron chi connectivity index (χ2n) is 6.59. The van der Waals surface area contributed by atoms with Crippen molar-refractivity contribution in [1.82, 2.24) is 0 Å². The first-order valence-corrected chi connectivity index (χ1v) is 8.02. The van der Waals surface area contributed by atoms with E-state index in [0.29, 0.717) is 0 Å². The maximum Gasteiger partial charge on any atom is 0.304 e. The lowest BCUT2D eigenvalue weighted by Crippen LogP contribution is -2.42. The molecule has 120 valence electrons. The number of hydrogen-bond acceptors (Lipinski definition) is 2. The number of carbonyl (C=O) groups is 2. The molecule has 0 aromatic heterocycles. The number of carbonyl (C=O) groups excluding carboxylic acids is 1. The number of amides is 1. The lowest BCUT2D eigenvalue weighted by Gasteiger charge is -2.37. The predicted octanol–water partition coefficient (Wildman–Crippen LogP) is 3.99. The molecule has 1 amide bonds. The smallest absolute Gasteiger partial charge is 0.304 e. The van der Waals surface area contributed by atoms with Crippen molar-refractivity contribution in [1.29, 1.82) is 0 Å². The SMILES string of the molecule is Cc1ccccc1NC(=O)C(C)(CC(=O)O)C1CCCCC1. The van der Waals surface area contributed by atoms with E-state index >= 15 is 0 Å². The van der Waals surface area contributed by atoms with E-state index in [1.807, 2.05) is 38.1 Å². The van der Waals surface area contributed by atoms with Gasteiger partial charge in [-0.3, -0.25) is 9.59 Å². The van der Waals surface area contributed by atoms with Crippen molar-refractivity contribution in [3.05, 3.63) is 29.8 Å². The number of aliphatic carboxylic acids is 1. The zero-order chi connectivity index (χ0) is 16.2. The Bertz CT molecular complexity index is 549. The average Bonchev–Trinajstić information content (AvgIpc) is 2.49. The van der Waals surface area contributed by atoms with Gasteiger partial charge in [-0.05, 0) is 44.2 Å². The third kappa shape index (κ3) is 3.67. The Labute approximate surface area is 131 Å². The van der Waals surface area contributed by atoms with Crippen LogP contribution in [0.4, 0.5) is 5.69 Å². The predicted molar refractivity (Wildman–Crippen MR) is 86.7 cm³/mol. The van der Waals surface area contributed by atoms with Gasteiger partial charge in [0.15, 0.2) is 0 Å². The van der Waals surface area contributed by atoms with Crippen molar-refractivity contribution in [2.75, 3.05) is 5.32 Å². The summed E-state index contributed by atoms with van der Waals surface area (Å²) in [6.45, 7) is 3.75. The van der Waals surface area contributed by atoms with E-state index in [2.05, 4.69) is 5.32 Å². The van der Waals surface area contributed by atoms with Crippen LogP contribution in [-0.4, -0.2) is 17.0 Å². The normalized spacial score (nSPS) is 18.5. The van der Waals surface area contributed by atoms with Crippen LogP contribution < -0.4 is 5.32 Å². The maximum atomic E-state index is 12.8. The molecule has 0 spiro atoms. The second kappa shape index (κ2) is 6.95. The fourth-order valence-electron chi connectivity index (χ4n) is 3.44. The van der Waals surface area contributed by atoms with Gasteiger partial charge < -0.3 is 10.4 Å². The third-order valence-corrected chi connectivity index (χ3v) is 4.94. The number of benzene rings is 1. The van der Waals surface area contributed by atoms with Gasteiger partial charge in [-0.15, -0.1) is 0 Å². The van der Waals surface area contributed by atoms with Crippen molar-refractivity contribution in [2.24, 2.45) is 11.3 Å². The molecule has 1 aliphatic rings. The first-order valence-electron chi connectivity index (χ1n) is 8.02. The standard InChI is InChI=1S/C18H25NO3/c1-13-8-6-7-11-15(13)19-17(22)18(2,12-16(20)21)14-9-4-3-5-10-14/h6-8,11,14H,3-5,9-10,12H2,1-2H3,(H,19,22)(H,20,21). The summed E-state index contributed by atoms with van der Waals surface area (Å²) in [6.07, 6.45) is 5.10. The topological polar surface area (TPSA) is 66.4 Å². The van der Waals surface area contributed by atoms with Gasteiger partial charge in [-0.2, -0.15) is 0 Å². The van der Waals surface area contributed by atoms with Crippen molar-refractivity contribution in [3.8, 4) is 0 Å². The van der Waals surface area contributed by atoms with Gasteiger partial charge in [0.1, 0.15) is 0 Å². The summed E-state index contributed by atoms with van der Waals surface area (Å²) in [5, 5.41) is 12.2. The van der Waals surface area contributed by atoms with Gasteiger partial charge in [-0.25, -0.2) is 0 Å². The highest BCUT2D eigenvalue weighted by molar-refractivity contribution is 5.97. The minimum Gasteiger partial charge on any atom is -0.481 e. The maximum absolute atomic E-state index is 12.8. The fourth-order valence-corrected chi connectivity index (χ4v) is 3.44. The molecule has 1 fully saturated rings. The van der Waals surface area contributed by atoms with E-state index in [-0.39, 0.29) is 18.2 Å². The van der Waals surface area contributed by atoms with Crippen LogP contribution in [0.25, 0.3) is 0 Å². The van der Waals surface area contributed by atoms with Crippen LogP contribution in [0.3, 0.4) is 0 Å². The molecule has 1 aromatic rings. The third-order valence-electron chi connectivity index (χ3n) is 4.94. The summed E-state index contributed by atoms with van der Waals surface area (Å²) in [4.78, 5) is 24.1. The average molecular weight is 303 g/mol. The van der Waals surface area contributed by atoms with Crippen molar-refractivity contribution in [3.63, 3.8) is 0 Å². The molecule has 4 nitrogen and oxygen atoms in total. The Balaban J connectivity index is 2.22. The van der Waals surface area contributed by atoms with Crippen LogP contribution in [0, 0.1) is 18.3 Å². The van der Waals surface area contributed by atoms with Gasteiger partial charge in [0.05, 0.1) is 11.8 Å². The highest BCUT2D eigenvalue weighted by atomic mass is 16.4. The Morgan fingerprint density at radius 3 is 2.45 bits per heavy atom. The zero-order valence-electron chi connectivity index (χ0n) is 13.4. The van der Waals surface area contributed by atoms with Crippen molar-refractivity contribution < 1.29 is 14.7 Å². The molecule has 0 aliphatic heterocycles. The fraction of sp³-hybridized carbons (Fsp3) is 0.556. The molecule has 1 unspecified atom stereocenters. The van der Waals surface area contributed by atoms with Crippen molar-refractivity contribution in [2.45, 2.75) is 52.4 Å². The first kappa shape index (κ1) is 16.5. The highest BCUT2D eigenvalue weighted by Crippen LogP contribution is 2.42. The number of rotatable bonds is 5. The zero-order valence-corrected chi connectivity index (χ0v) is 13.4. The molecule has 1 aliphatic carbocycles. The van der Waals surface area contributed by atoms with E-state index in [9.17, 15) is 14.7 Å². The molecule has 0 radical (unpaired) electrons. The van der Waals surface area contributed by atoms with Crippen LogP contribution in [0.5, 0.6) is 0 Å². The summed E-state index contributed by atoms with van der Waals surface area (Å²) in [5.41, 5.74) is 0.895. The molecule has 2 rings (SSSR count). The molecule has 1 atom stereocenters. The summed E-state index contributed by atoms with van der Waals surface area (Å²) < 4.78 is 0. The molecule has 0 saturated heterocycles. The van der Waals surface area contributed by atoms with Gasteiger partial charge >= 0.3 is 5.97 Å². The second-order valence-corrected chi connectivity index (χ2v) is 6.59. The Kier molecular flexibility index (Phi) is 5.22. The minimum atomic E-state index is -0.909. The van der Waals surface area contributed by atoms with Crippen LogP contribution in [-0.2, 0) is 9.59 Å². The molecule has 0 bridgehead atoms. The summed E-state index contributed by atoms with van der Waals surface area (Å²) >= 11 is 0. The van der Waals surface area contributed by atoms with Crippen LogP contribution in [0.1, 0.15) is 51.0 Å². The van der Waals surface area contributed by atoms with E-state index in [4.69, 9.17) is 0 Å². The van der Waals surface area contributed by atoms with Crippen LogP contribution in [0.15, 0.2) is 24.3 Å². The summed E-state index contributed by atoms with van der Waals surface area (Å²) in [5.74, 6) is -0.939. The molecular weight excluding hydrogens is 278 g/mol. The number of nitrogens with one attached hydrogen (secondary N) is 1. The van der Waals surface area contributed by atoms with Crippen LogP contribution in [0.2, 0.25) is 0 Å². The van der Waals surface area contributed by atoms with Gasteiger partial charge in [-0.1, -0.05) is 37.5 Å². The molecule has 22 heavy (non-hydrogen) atoms. The van der Waals surface area contributed by atoms with Gasteiger partial charge in [0.2, 0.25) is 5.91 Å². The summed E-state index contributed by atoms with van der Waals surface area (Å²) in [6, 6.07) is 7.58. The molecular formula is C18H25NO3. The number of carboxylic acids is 1. The highest BCUT2D eigenvalue weighted by Gasteiger charge is 2.43. The molecule has 1 saturated carbocycles. The van der Waals surface area contributed by atoms with E-state index in [1.165, 1.54) is 6.42 Å². The van der Waals surface area contributed by atoms with Gasteiger partial charge in [0, 0.05) is 5.69 Å². The number of carboxylic acid groups (broad SMARTS) is 1. The van der Waals surface area contributed by atoms with Gasteiger partial charge in [0.25, 0.3) is 0 Å². The monoisotopic (exact) mass is 303 g/mol. The van der Waals surface area contributed by atoms with E-state index < -0.39 is 11.4 Å². The lowest BCUT2D eigenvalue weighted by atomic mass is 9.67. The Hall–Kier alpha value is -1.84. The van der Waals surface area contributed by atoms with Crippen LogP contribution >= 0.6 is 0 Å². The largest absolute Gasteiger partial charge is 0.481 e. The van der Waals surface area contributed by atoms with E-state index in [0.717, 1.165) is 36.9 Å². The molecule has 4 heteroatoms. The molecule has 1 aromatic carbocycles. The molecule has 2 N–H and O–H groups in total. The Morgan fingerprint density at radius 1 is 1.23 bits per heavy atom. The molecule has 0 heterocycles. The lowest BCUT2D eigenvalue weighted by molar-refractivity contribution is -0.145. The number of para-hydroxylation sites is 1. The van der Waals surface area contributed by atoms with E-state index in [1.54, 1.807) is 0 Å². The minimum absolute atomic E-state index is 0.116. The van der Waals surface area contributed by atoms with Crippen molar-refractivity contribution >= 4 is 17.6 Å². The number of aryl methyl sites for hydroxylation is 1. The summed E-state index contributed by atoms with van der Waals surface area (Å²) in [7, 11) is 0. The quantitative estimate of drug-likeness (QED) is 0.864.